The molecule has 5 heteroatoms. The summed E-state index contributed by atoms with van der Waals surface area (Å²) in [4.78, 5) is 6.81. The number of benzene rings is 2. The fourth-order valence-corrected chi connectivity index (χ4v) is 4.24. The number of nitrogens with one attached hydrogen (secondary N) is 1. The number of aromatic nitrogens is 1. The summed E-state index contributed by atoms with van der Waals surface area (Å²) in [7, 11) is 0. The Morgan fingerprint density at radius 3 is 2.77 bits per heavy atom. The predicted octanol–water partition coefficient (Wildman–Crippen LogP) is 5.44. The van der Waals surface area contributed by atoms with Gasteiger partial charge in [-0.3, -0.25) is 0 Å². The van der Waals surface area contributed by atoms with Gasteiger partial charge in [-0.2, -0.15) is 5.26 Å². The number of halogens is 1. The normalized spacial score (nSPS) is 15.7. The average Bonchev–Trinajstić information content (AvgIpc) is 3.02. The monoisotopic (exact) mass is 365 g/mol. The molecular formula is C21H20FN3S. The molecule has 1 aliphatic heterocycles. The van der Waals surface area contributed by atoms with Gasteiger partial charge in [0.1, 0.15) is 5.82 Å². The molecule has 1 aliphatic rings. The maximum atomic E-state index is 13.5. The molecule has 2 heterocycles. The summed E-state index contributed by atoms with van der Waals surface area (Å²) in [6.07, 6.45) is 0. The van der Waals surface area contributed by atoms with E-state index in [1.807, 2.05) is 6.92 Å². The van der Waals surface area contributed by atoms with Gasteiger partial charge in [-0.1, -0.05) is 6.92 Å². The molecule has 1 saturated heterocycles. The van der Waals surface area contributed by atoms with Crippen LogP contribution in [0.5, 0.6) is 0 Å². The van der Waals surface area contributed by atoms with E-state index in [9.17, 15) is 9.65 Å². The first-order chi connectivity index (χ1) is 12.5. The molecule has 0 aliphatic carbocycles. The van der Waals surface area contributed by atoms with Crippen LogP contribution in [0.2, 0.25) is 0 Å². The molecule has 0 atom stereocenters. The number of anilines is 1. The van der Waals surface area contributed by atoms with Crippen LogP contribution in [0.1, 0.15) is 13.8 Å². The Labute approximate surface area is 156 Å². The Hall–Kier alpha value is -2.45. The van der Waals surface area contributed by atoms with E-state index in [0.29, 0.717) is 0 Å². The van der Waals surface area contributed by atoms with E-state index in [1.165, 1.54) is 17.0 Å². The second-order valence-electron chi connectivity index (χ2n) is 7.06. The van der Waals surface area contributed by atoms with Crippen molar-refractivity contribution in [2.75, 3.05) is 23.7 Å². The minimum absolute atomic E-state index is 0.242. The van der Waals surface area contributed by atoms with Crippen molar-refractivity contribution in [3.8, 4) is 17.3 Å². The summed E-state index contributed by atoms with van der Waals surface area (Å²) in [6.45, 7) is 5.59. The molecule has 0 radical (unpaired) electrons. The van der Waals surface area contributed by atoms with Crippen molar-refractivity contribution < 1.29 is 4.39 Å². The highest BCUT2D eigenvalue weighted by atomic mass is 32.2. The van der Waals surface area contributed by atoms with E-state index in [4.69, 9.17) is 0 Å². The van der Waals surface area contributed by atoms with Crippen molar-refractivity contribution in [1.29, 1.82) is 5.26 Å². The number of thioether (sulfide) groups is 1. The fraction of sp³-hybridized carbons (Fsp3) is 0.286. The molecule has 4 rings (SSSR count). The van der Waals surface area contributed by atoms with Crippen molar-refractivity contribution in [2.24, 2.45) is 5.41 Å². The van der Waals surface area contributed by atoms with Gasteiger partial charge in [-0.15, -0.1) is 11.8 Å². The van der Waals surface area contributed by atoms with Crippen molar-refractivity contribution in [2.45, 2.75) is 18.7 Å². The molecule has 2 aromatic carbocycles. The number of nitrogens with zero attached hydrogens (tertiary/aromatic N) is 2. The maximum Gasteiger partial charge on any atom is 0.125 e. The lowest BCUT2D eigenvalue weighted by molar-refractivity contribution is 0.337. The molecule has 3 aromatic rings. The Balaban J connectivity index is 1.79. The maximum absolute atomic E-state index is 13.5. The van der Waals surface area contributed by atoms with Gasteiger partial charge in [0, 0.05) is 45.8 Å². The summed E-state index contributed by atoms with van der Waals surface area (Å²) in [5.41, 5.74) is 3.71. The van der Waals surface area contributed by atoms with Gasteiger partial charge in [0.15, 0.2) is 0 Å². The highest BCUT2D eigenvalue weighted by molar-refractivity contribution is 7.99. The first kappa shape index (κ1) is 17.0. The second-order valence-corrected chi connectivity index (χ2v) is 8.39. The summed E-state index contributed by atoms with van der Waals surface area (Å²) in [5.74, 6) is 0.765. The van der Waals surface area contributed by atoms with Gasteiger partial charge in [-0.25, -0.2) is 4.39 Å². The molecular weight excluding hydrogens is 345 g/mol. The lowest BCUT2D eigenvalue weighted by atomic mass is 9.83. The third kappa shape index (κ3) is 2.95. The van der Waals surface area contributed by atoms with E-state index in [2.05, 4.69) is 47.1 Å². The molecule has 132 valence electrons. The number of fused-ring (bicyclic) bond motifs is 1. The zero-order valence-corrected chi connectivity index (χ0v) is 15.7. The molecule has 26 heavy (non-hydrogen) atoms. The van der Waals surface area contributed by atoms with Crippen molar-refractivity contribution >= 4 is 28.4 Å². The van der Waals surface area contributed by atoms with Crippen LogP contribution in [0.3, 0.4) is 0 Å². The zero-order chi connectivity index (χ0) is 18.3. The summed E-state index contributed by atoms with van der Waals surface area (Å²) in [6, 6.07) is 15.7. The quantitative estimate of drug-likeness (QED) is 0.626. The molecule has 3 nitrogen and oxygen atoms in total. The Morgan fingerprint density at radius 2 is 2.04 bits per heavy atom. The van der Waals surface area contributed by atoms with Crippen molar-refractivity contribution in [1.82, 2.24) is 4.98 Å². The van der Waals surface area contributed by atoms with E-state index in [-0.39, 0.29) is 11.2 Å². The highest BCUT2D eigenvalue weighted by Gasteiger charge is 2.39. The van der Waals surface area contributed by atoms with Crippen LogP contribution in [0.4, 0.5) is 10.1 Å². The number of rotatable bonds is 4. The van der Waals surface area contributed by atoms with Crippen LogP contribution in [-0.4, -0.2) is 23.8 Å². The van der Waals surface area contributed by atoms with Crippen molar-refractivity contribution in [3.63, 3.8) is 0 Å². The van der Waals surface area contributed by atoms with Crippen LogP contribution in [-0.2, 0) is 0 Å². The van der Waals surface area contributed by atoms with Gasteiger partial charge in [-0.05, 0) is 55.1 Å². The Kier molecular flexibility index (Phi) is 4.16. The van der Waals surface area contributed by atoms with Crippen LogP contribution < -0.4 is 4.90 Å². The molecule has 1 N–H and O–H groups in total. The SMILES string of the molecule is CCSc1ccc(N2CC(C)(C#N)C2)c(-c2cc3ccc(F)cc3[nH]2)c1. The van der Waals surface area contributed by atoms with Crippen LogP contribution in [0.15, 0.2) is 47.4 Å². The van der Waals surface area contributed by atoms with Crippen LogP contribution >= 0.6 is 11.8 Å². The summed E-state index contributed by atoms with van der Waals surface area (Å²) < 4.78 is 13.5. The number of H-pyrrole nitrogens is 1. The van der Waals surface area contributed by atoms with Gasteiger partial charge in [0.05, 0.1) is 11.5 Å². The molecule has 0 unspecified atom stereocenters. The van der Waals surface area contributed by atoms with E-state index in [1.54, 1.807) is 17.8 Å². The lowest BCUT2D eigenvalue weighted by Crippen LogP contribution is -2.54. The Morgan fingerprint density at radius 1 is 1.23 bits per heavy atom. The largest absolute Gasteiger partial charge is 0.368 e. The number of nitriles is 1. The number of hydrogen-bond donors (Lipinski definition) is 1. The van der Waals surface area contributed by atoms with E-state index in [0.717, 1.165) is 46.7 Å². The van der Waals surface area contributed by atoms with Crippen molar-refractivity contribution in [3.05, 3.63) is 48.3 Å². The second kappa shape index (κ2) is 6.37. The van der Waals surface area contributed by atoms with E-state index < -0.39 is 0 Å². The average molecular weight is 365 g/mol. The van der Waals surface area contributed by atoms with Gasteiger partial charge in [0.25, 0.3) is 0 Å². The molecule has 0 saturated carbocycles. The molecule has 1 aromatic heterocycles. The highest BCUT2D eigenvalue weighted by Crippen LogP contribution is 2.41. The summed E-state index contributed by atoms with van der Waals surface area (Å²) in [5, 5.41) is 10.3. The fourth-order valence-electron chi connectivity index (χ4n) is 3.54. The van der Waals surface area contributed by atoms with Gasteiger partial charge >= 0.3 is 0 Å². The minimum Gasteiger partial charge on any atom is -0.368 e. The van der Waals surface area contributed by atoms with Gasteiger partial charge < -0.3 is 9.88 Å². The third-order valence-electron chi connectivity index (χ3n) is 4.84. The molecule has 1 fully saturated rings. The minimum atomic E-state index is -0.280. The zero-order valence-electron chi connectivity index (χ0n) is 14.8. The summed E-state index contributed by atoms with van der Waals surface area (Å²) >= 11 is 1.80. The number of aromatic amines is 1. The first-order valence-corrected chi connectivity index (χ1v) is 9.71. The lowest BCUT2D eigenvalue weighted by Gasteiger charge is -2.45. The first-order valence-electron chi connectivity index (χ1n) is 8.73. The predicted molar refractivity (Wildman–Crippen MR) is 106 cm³/mol. The molecule has 0 amide bonds. The smallest absolute Gasteiger partial charge is 0.125 e. The van der Waals surface area contributed by atoms with Gasteiger partial charge in [0.2, 0.25) is 0 Å². The Bertz CT molecular complexity index is 1010. The number of hydrogen-bond acceptors (Lipinski definition) is 3. The van der Waals surface area contributed by atoms with Crippen LogP contribution in [0.25, 0.3) is 22.2 Å². The third-order valence-corrected chi connectivity index (χ3v) is 5.72. The standard InChI is InChI=1S/C21H20FN3S/c1-3-26-16-6-7-20(25-12-21(2,11-23)13-25)17(10-16)19-8-14-4-5-15(22)9-18(14)24-19/h4-10,24H,3,12-13H2,1-2H3. The molecule has 0 spiro atoms. The molecule has 0 bridgehead atoms. The topological polar surface area (TPSA) is 42.8 Å². The van der Waals surface area contributed by atoms with Crippen LogP contribution in [0, 0.1) is 22.6 Å². The van der Waals surface area contributed by atoms with E-state index >= 15 is 0 Å².